The van der Waals surface area contributed by atoms with Crippen molar-refractivity contribution in [1.82, 2.24) is 19.6 Å². The fourth-order valence-electron chi connectivity index (χ4n) is 2.30. The van der Waals surface area contributed by atoms with Crippen molar-refractivity contribution in [1.29, 1.82) is 0 Å². The van der Waals surface area contributed by atoms with Crippen molar-refractivity contribution in [2.75, 3.05) is 5.32 Å². The highest BCUT2D eigenvalue weighted by molar-refractivity contribution is 5.62. The minimum atomic E-state index is 0.729. The Morgan fingerprint density at radius 3 is 2.62 bits per heavy atom. The van der Waals surface area contributed by atoms with Gasteiger partial charge in [0.1, 0.15) is 0 Å². The van der Waals surface area contributed by atoms with Crippen LogP contribution >= 0.6 is 0 Å². The smallest absolute Gasteiger partial charge is 0.0877 e. The Bertz CT molecular complexity index is 754. The van der Waals surface area contributed by atoms with Gasteiger partial charge in [-0.2, -0.15) is 10.2 Å². The first-order valence-electron chi connectivity index (χ1n) is 6.96. The van der Waals surface area contributed by atoms with E-state index >= 15 is 0 Å². The van der Waals surface area contributed by atoms with Crippen molar-refractivity contribution >= 4 is 5.69 Å². The molecule has 0 bridgehead atoms. The topological polar surface area (TPSA) is 47.7 Å². The van der Waals surface area contributed by atoms with E-state index in [9.17, 15) is 0 Å². The lowest BCUT2D eigenvalue weighted by atomic mass is 10.2. The standard InChI is InChI=1S/C16H19N5/c1-12-4-5-16(21-11-13(2)9-19-21)15(8-12)17-10-14-6-7-18-20(14)3/h4-9,11,17H,10H2,1-3H3. The molecule has 3 rings (SSSR count). The minimum Gasteiger partial charge on any atom is -0.378 e. The van der Waals surface area contributed by atoms with Gasteiger partial charge in [-0.1, -0.05) is 6.07 Å². The summed E-state index contributed by atoms with van der Waals surface area (Å²) >= 11 is 0. The number of anilines is 1. The molecule has 0 spiro atoms. The Morgan fingerprint density at radius 2 is 1.95 bits per heavy atom. The maximum Gasteiger partial charge on any atom is 0.0877 e. The van der Waals surface area contributed by atoms with Crippen LogP contribution in [0, 0.1) is 13.8 Å². The van der Waals surface area contributed by atoms with E-state index in [1.54, 1.807) is 0 Å². The summed E-state index contributed by atoms with van der Waals surface area (Å²) in [6, 6.07) is 8.35. The number of benzene rings is 1. The molecular weight excluding hydrogens is 262 g/mol. The van der Waals surface area contributed by atoms with E-state index in [1.807, 2.05) is 48.0 Å². The molecule has 108 valence electrons. The quantitative estimate of drug-likeness (QED) is 0.800. The van der Waals surface area contributed by atoms with Crippen LogP contribution in [0.15, 0.2) is 42.9 Å². The van der Waals surface area contributed by atoms with Gasteiger partial charge in [0.05, 0.1) is 29.8 Å². The van der Waals surface area contributed by atoms with Gasteiger partial charge in [0.15, 0.2) is 0 Å². The lowest BCUT2D eigenvalue weighted by Gasteiger charge is -2.13. The zero-order valence-corrected chi connectivity index (χ0v) is 12.5. The molecule has 0 saturated heterocycles. The van der Waals surface area contributed by atoms with E-state index in [1.165, 1.54) is 5.56 Å². The van der Waals surface area contributed by atoms with Gasteiger partial charge in [0.2, 0.25) is 0 Å². The molecule has 0 amide bonds. The first kappa shape index (κ1) is 13.4. The maximum absolute atomic E-state index is 4.40. The van der Waals surface area contributed by atoms with Crippen LogP contribution in [0.3, 0.4) is 0 Å². The molecule has 5 nitrogen and oxygen atoms in total. The summed E-state index contributed by atoms with van der Waals surface area (Å²) in [6.45, 7) is 4.86. The molecule has 0 atom stereocenters. The second-order valence-corrected chi connectivity index (χ2v) is 5.28. The molecule has 1 N–H and O–H groups in total. The van der Waals surface area contributed by atoms with Gasteiger partial charge in [0.25, 0.3) is 0 Å². The van der Waals surface area contributed by atoms with Gasteiger partial charge >= 0.3 is 0 Å². The summed E-state index contributed by atoms with van der Waals surface area (Å²) in [5, 5.41) is 12.1. The van der Waals surface area contributed by atoms with Crippen molar-refractivity contribution in [3.63, 3.8) is 0 Å². The van der Waals surface area contributed by atoms with Crippen molar-refractivity contribution in [3.05, 3.63) is 59.7 Å². The largest absolute Gasteiger partial charge is 0.378 e. The third-order valence-corrected chi connectivity index (χ3v) is 3.49. The van der Waals surface area contributed by atoms with Gasteiger partial charge < -0.3 is 5.32 Å². The predicted molar refractivity (Wildman–Crippen MR) is 83.6 cm³/mol. The number of aryl methyl sites for hydroxylation is 3. The SMILES string of the molecule is Cc1ccc(-n2cc(C)cn2)c(NCc2ccnn2C)c1. The van der Waals surface area contributed by atoms with E-state index in [0.717, 1.165) is 29.2 Å². The number of hydrogen-bond donors (Lipinski definition) is 1. The number of hydrogen-bond acceptors (Lipinski definition) is 3. The van der Waals surface area contributed by atoms with E-state index in [0.29, 0.717) is 0 Å². The lowest BCUT2D eigenvalue weighted by molar-refractivity contribution is 0.720. The van der Waals surface area contributed by atoms with Crippen molar-refractivity contribution < 1.29 is 0 Å². The number of nitrogens with zero attached hydrogens (tertiary/aromatic N) is 4. The minimum absolute atomic E-state index is 0.729. The molecule has 2 aromatic heterocycles. The molecule has 0 aliphatic carbocycles. The monoisotopic (exact) mass is 281 g/mol. The molecule has 2 heterocycles. The van der Waals surface area contributed by atoms with Gasteiger partial charge in [-0.15, -0.1) is 0 Å². The summed E-state index contributed by atoms with van der Waals surface area (Å²) in [6.07, 6.45) is 5.70. The lowest BCUT2D eigenvalue weighted by Crippen LogP contribution is -2.08. The van der Waals surface area contributed by atoms with E-state index < -0.39 is 0 Å². The van der Waals surface area contributed by atoms with Crippen LogP contribution in [0.4, 0.5) is 5.69 Å². The molecule has 0 aliphatic rings. The molecule has 0 saturated carbocycles. The van der Waals surface area contributed by atoms with E-state index in [2.05, 4.69) is 40.6 Å². The highest BCUT2D eigenvalue weighted by atomic mass is 15.3. The summed E-state index contributed by atoms with van der Waals surface area (Å²) in [7, 11) is 1.95. The van der Waals surface area contributed by atoms with Crippen LogP contribution in [0.25, 0.3) is 5.69 Å². The zero-order valence-electron chi connectivity index (χ0n) is 12.5. The highest BCUT2D eigenvalue weighted by Crippen LogP contribution is 2.22. The molecule has 5 heteroatoms. The summed E-state index contributed by atoms with van der Waals surface area (Å²) in [4.78, 5) is 0. The van der Waals surface area contributed by atoms with Crippen LogP contribution in [0.1, 0.15) is 16.8 Å². The predicted octanol–water partition coefficient (Wildman–Crippen LogP) is 2.83. The summed E-state index contributed by atoms with van der Waals surface area (Å²) in [5.41, 5.74) is 5.62. The van der Waals surface area contributed by atoms with Crippen LogP contribution in [0.2, 0.25) is 0 Å². The normalized spacial score (nSPS) is 10.8. The molecular formula is C16H19N5. The van der Waals surface area contributed by atoms with Crippen LogP contribution in [-0.2, 0) is 13.6 Å². The van der Waals surface area contributed by atoms with Crippen LogP contribution in [-0.4, -0.2) is 19.6 Å². The summed E-state index contributed by atoms with van der Waals surface area (Å²) in [5.74, 6) is 0. The average Bonchev–Trinajstić information content (AvgIpc) is 3.05. The first-order chi connectivity index (χ1) is 10.1. The Labute approximate surface area is 124 Å². The van der Waals surface area contributed by atoms with E-state index in [-0.39, 0.29) is 0 Å². The average molecular weight is 281 g/mol. The Hall–Kier alpha value is -2.56. The third kappa shape index (κ3) is 2.81. The van der Waals surface area contributed by atoms with Gasteiger partial charge in [0, 0.05) is 19.4 Å². The number of rotatable bonds is 4. The highest BCUT2D eigenvalue weighted by Gasteiger charge is 2.07. The Kier molecular flexibility index (Phi) is 3.48. The molecule has 0 radical (unpaired) electrons. The van der Waals surface area contributed by atoms with E-state index in [4.69, 9.17) is 0 Å². The van der Waals surface area contributed by atoms with Gasteiger partial charge in [-0.3, -0.25) is 4.68 Å². The van der Waals surface area contributed by atoms with Gasteiger partial charge in [-0.05, 0) is 43.2 Å². The third-order valence-electron chi connectivity index (χ3n) is 3.49. The second kappa shape index (κ2) is 5.44. The molecule has 3 aromatic rings. The Morgan fingerprint density at radius 1 is 1.10 bits per heavy atom. The first-order valence-corrected chi connectivity index (χ1v) is 6.96. The van der Waals surface area contributed by atoms with Crippen molar-refractivity contribution in [2.24, 2.45) is 7.05 Å². The molecule has 0 aliphatic heterocycles. The summed E-state index contributed by atoms with van der Waals surface area (Å²) < 4.78 is 3.78. The van der Waals surface area contributed by atoms with Crippen molar-refractivity contribution in [2.45, 2.75) is 20.4 Å². The zero-order chi connectivity index (χ0) is 14.8. The fraction of sp³-hybridized carbons (Fsp3) is 0.250. The molecule has 1 aromatic carbocycles. The Balaban J connectivity index is 1.90. The molecule has 0 fully saturated rings. The number of nitrogens with one attached hydrogen (secondary N) is 1. The van der Waals surface area contributed by atoms with Crippen molar-refractivity contribution in [3.8, 4) is 5.69 Å². The maximum atomic E-state index is 4.40. The van der Waals surface area contributed by atoms with Crippen LogP contribution < -0.4 is 5.32 Å². The second-order valence-electron chi connectivity index (χ2n) is 5.28. The number of aromatic nitrogens is 4. The van der Waals surface area contributed by atoms with Gasteiger partial charge in [-0.25, -0.2) is 4.68 Å². The van der Waals surface area contributed by atoms with Crippen LogP contribution in [0.5, 0.6) is 0 Å². The molecule has 21 heavy (non-hydrogen) atoms. The molecule has 0 unspecified atom stereocenters. The fourth-order valence-corrected chi connectivity index (χ4v) is 2.30.